The predicted molar refractivity (Wildman–Crippen MR) is 145 cm³/mol. The van der Waals surface area contributed by atoms with E-state index in [-0.39, 0.29) is 31.0 Å². The summed E-state index contributed by atoms with van der Waals surface area (Å²) in [5, 5.41) is 10.6. The number of rotatable bonds is 12. The van der Waals surface area contributed by atoms with Crippen molar-refractivity contribution < 1.29 is 24.2 Å². The number of hydrogen-bond donors (Lipinski definition) is 1. The number of aliphatic hydroxyl groups excluding tert-OH is 1. The molecule has 3 heterocycles. The molecule has 1 N–H and O–H groups in total. The number of unbranched alkanes of at least 4 members (excludes halogenated alkanes) is 1. The fourth-order valence-electron chi connectivity index (χ4n) is 6.73. The first-order valence-electron chi connectivity index (χ1n) is 13.5. The number of esters is 1. The van der Waals surface area contributed by atoms with Crippen LogP contribution < -0.4 is 0 Å². The van der Waals surface area contributed by atoms with Gasteiger partial charge in [0.15, 0.2) is 0 Å². The van der Waals surface area contributed by atoms with Crippen molar-refractivity contribution in [2.45, 2.75) is 74.5 Å². The number of hydrogen-bond acceptors (Lipinski definition) is 6. The molecule has 37 heavy (non-hydrogen) atoms. The van der Waals surface area contributed by atoms with Crippen LogP contribution in [0.3, 0.4) is 0 Å². The van der Waals surface area contributed by atoms with Gasteiger partial charge in [0.1, 0.15) is 6.04 Å². The average Bonchev–Trinajstić information content (AvgIpc) is 3.46. The molecule has 1 aromatic rings. The second-order valence-corrected chi connectivity index (χ2v) is 12.6. The highest BCUT2D eigenvalue weighted by Crippen LogP contribution is 2.71. The molecule has 2 bridgehead atoms. The Bertz CT molecular complexity index is 1020. The molecule has 2 amide bonds. The van der Waals surface area contributed by atoms with Gasteiger partial charge in [-0.25, -0.2) is 0 Å². The van der Waals surface area contributed by atoms with Crippen LogP contribution in [-0.4, -0.2) is 80.6 Å². The summed E-state index contributed by atoms with van der Waals surface area (Å²) in [6, 6.07) is 8.38. The summed E-state index contributed by atoms with van der Waals surface area (Å²) < 4.78 is 4.28. The van der Waals surface area contributed by atoms with Gasteiger partial charge in [-0.2, -0.15) is 0 Å². The molecule has 0 saturated carbocycles. The van der Waals surface area contributed by atoms with Crippen LogP contribution in [0.4, 0.5) is 0 Å². The van der Waals surface area contributed by atoms with E-state index in [9.17, 15) is 19.5 Å². The number of carbonyl (C=O) groups is 3. The van der Waals surface area contributed by atoms with Crippen molar-refractivity contribution in [1.29, 1.82) is 0 Å². The Morgan fingerprint density at radius 3 is 2.65 bits per heavy atom. The number of amides is 2. The van der Waals surface area contributed by atoms with Gasteiger partial charge in [0.2, 0.25) is 11.8 Å². The van der Waals surface area contributed by atoms with E-state index in [4.69, 9.17) is 4.74 Å². The number of carbonyl (C=O) groups excluding carboxylic acids is 3. The molecule has 0 aromatic heterocycles. The maximum absolute atomic E-state index is 14.4. The summed E-state index contributed by atoms with van der Waals surface area (Å²) in [5.41, 5.74) is 0.981. The minimum atomic E-state index is -0.756. The van der Waals surface area contributed by atoms with Gasteiger partial charge < -0.3 is 19.6 Å². The molecular weight excluding hydrogens is 488 g/mol. The van der Waals surface area contributed by atoms with Gasteiger partial charge in [-0.1, -0.05) is 49.8 Å². The number of aliphatic hydroxyl groups is 1. The number of thioether (sulfide) groups is 1. The average molecular weight is 529 g/mol. The van der Waals surface area contributed by atoms with Crippen molar-refractivity contribution in [3.05, 3.63) is 48.6 Å². The van der Waals surface area contributed by atoms with E-state index >= 15 is 0 Å². The first-order valence-corrected chi connectivity index (χ1v) is 14.3. The summed E-state index contributed by atoms with van der Waals surface area (Å²) in [7, 11) is 0. The van der Waals surface area contributed by atoms with Gasteiger partial charge >= 0.3 is 5.97 Å². The van der Waals surface area contributed by atoms with Crippen molar-refractivity contribution in [3.63, 3.8) is 0 Å². The van der Waals surface area contributed by atoms with E-state index in [1.165, 1.54) is 0 Å². The third kappa shape index (κ3) is 4.71. The summed E-state index contributed by atoms with van der Waals surface area (Å²) in [6.07, 6.45) is 5.35. The maximum atomic E-state index is 14.4. The quantitative estimate of drug-likeness (QED) is 0.330. The van der Waals surface area contributed by atoms with E-state index in [0.29, 0.717) is 25.9 Å². The number of nitrogens with zero attached hydrogens (tertiary/aromatic N) is 2. The van der Waals surface area contributed by atoms with Crippen molar-refractivity contribution in [2.24, 2.45) is 11.8 Å². The Labute approximate surface area is 224 Å². The lowest BCUT2D eigenvalue weighted by atomic mass is 9.66. The standard InChI is InChI=1S/C29H40N2O5S/c1-5-8-17-30(16-6-2)26(34)24-29-15-14-28(4,37-29)23(27(35)36-7-3)22(29)25(33)31(24)21(19-32)18-20-12-10-9-11-13-20/h6,9-13,21-24,32H,2,5,7-8,14-19H2,1,3-4H3/t21-,22+,23-,24?,28+,29?/m1/s1. The van der Waals surface area contributed by atoms with E-state index in [1.54, 1.807) is 34.6 Å². The summed E-state index contributed by atoms with van der Waals surface area (Å²) in [4.78, 5) is 45.4. The lowest BCUT2D eigenvalue weighted by molar-refractivity contribution is -0.155. The molecule has 3 aliphatic rings. The molecule has 8 heteroatoms. The highest BCUT2D eigenvalue weighted by molar-refractivity contribution is 8.02. The van der Waals surface area contributed by atoms with Crippen LogP contribution in [0.2, 0.25) is 0 Å². The Morgan fingerprint density at radius 1 is 1.30 bits per heavy atom. The van der Waals surface area contributed by atoms with Gasteiger partial charge in [-0.15, -0.1) is 18.3 Å². The lowest BCUT2D eigenvalue weighted by Gasteiger charge is -2.39. The monoisotopic (exact) mass is 528 g/mol. The molecule has 3 fully saturated rings. The largest absolute Gasteiger partial charge is 0.466 e. The molecule has 4 rings (SSSR count). The minimum absolute atomic E-state index is 0.114. The Balaban J connectivity index is 1.79. The first-order chi connectivity index (χ1) is 17.8. The van der Waals surface area contributed by atoms with Crippen LogP contribution in [0, 0.1) is 11.8 Å². The van der Waals surface area contributed by atoms with Crippen LogP contribution in [0.25, 0.3) is 0 Å². The molecule has 7 nitrogen and oxygen atoms in total. The van der Waals surface area contributed by atoms with Crippen molar-refractivity contribution in [2.75, 3.05) is 26.3 Å². The van der Waals surface area contributed by atoms with E-state index < -0.39 is 33.4 Å². The molecule has 0 aliphatic carbocycles. The zero-order valence-corrected chi connectivity index (χ0v) is 23.0. The SMILES string of the molecule is C=CCN(CCCC)C(=O)C1N([C@@H](CO)Cc2ccccc2)C(=O)[C@@H]2[C@H](C(=O)OCC)[C@]3(C)CCC12S3. The molecule has 3 aliphatic heterocycles. The molecule has 3 saturated heterocycles. The molecule has 202 valence electrons. The number of ether oxygens (including phenoxy) is 1. The number of fused-ring (bicyclic) bond motifs is 1. The van der Waals surface area contributed by atoms with Crippen LogP contribution in [0.15, 0.2) is 43.0 Å². The number of likely N-dealkylation sites (tertiary alicyclic amines) is 1. The fraction of sp³-hybridized carbons (Fsp3) is 0.621. The number of benzene rings is 1. The predicted octanol–water partition coefficient (Wildman–Crippen LogP) is 3.45. The molecular formula is C29H40N2O5S. The van der Waals surface area contributed by atoms with Crippen LogP contribution in [-0.2, 0) is 25.5 Å². The van der Waals surface area contributed by atoms with Gasteiger partial charge in [-0.05, 0) is 45.1 Å². The highest BCUT2D eigenvalue weighted by atomic mass is 32.2. The second kappa shape index (κ2) is 11.2. The van der Waals surface area contributed by atoms with E-state index in [0.717, 1.165) is 24.8 Å². The second-order valence-electron chi connectivity index (χ2n) is 10.7. The van der Waals surface area contributed by atoms with Crippen molar-refractivity contribution in [3.8, 4) is 0 Å². The van der Waals surface area contributed by atoms with Crippen molar-refractivity contribution in [1.82, 2.24) is 9.80 Å². The van der Waals surface area contributed by atoms with Crippen molar-refractivity contribution >= 4 is 29.5 Å². The van der Waals surface area contributed by atoms with Gasteiger partial charge in [0.25, 0.3) is 0 Å². The Kier molecular flexibility index (Phi) is 8.38. The normalized spacial score (nSPS) is 30.8. The molecule has 1 aromatic carbocycles. The van der Waals surface area contributed by atoms with Gasteiger partial charge in [0, 0.05) is 17.8 Å². The van der Waals surface area contributed by atoms with Gasteiger partial charge in [0.05, 0.1) is 35.8 Å². The summed E-state index contributed by atoms with van der Waals surface area (Å²) in [5.74, 6) is -1.94. The molecule has 1 spiro atoms. The maximum Gasteiger partial charge on any atom is 0.311 e. The lowest BCUT2D eigenvalue weighted by Crippen LogP contribution is -2.58. The fourth-order valence-corrected chi connectivity index (χ4v) is 9.06. The molecule has 0 radical (unpaired) electrons. The Morgan fingerprint density at radius 2 is 2.03 bits per heavy atom. The van der Waals surface area contributed by atoms with Gasteiger partial charge in [-0.3, -0.25) is 14.4 Å². The zero-order valence-electron chi connectivity index (χ0n) is 22.2. The topological polar surface area (TPSA) is 87.2 Å². The summed E-state index contributed by atoms with van der Waals surface area (Å²) in [6.45, 7) is 10.7. The van der Waals surface area contributed by atoms with E-state index in [2.05, 4.69) is 13.5 Å². The van der Waals surface area contributed by atoms with E-state index in [1.807, 2.05) is 37.3 Å². The smallest absolute Gasteiger partial charge is 0.311 e. The van der Waals surface area contributed by atoms with Crippen LogP contribution >= 0.6 is 11.8 Å². The third-order valence-corrected chi connectivity index (χ3v) is 10.3. The molecule has 2 unspecified atom stereocenters. The zero-order chi connectivity index (χ0) is 26.8. The highest BCUT2D eigenvalue weighted by Gasteiger charge is 2.78. The minimum Gasteiger partial charge on any atom is -0.466 e. The summed E-state index contributed by atoms with van der Waals surface area (Å²) >= 11 is 1.63. The van der Waals surface area contributed by atoms with Crippen LogP contribution in [0.1, 0.15) is 52.0 Å². The van der Waals surface area contributed by atoms with Crippen LogP contribution in [0.5, 0.6) is 0 Å². The molecule has 6 atom stereocenters. The Hall–Kier alpha value is -2.32. The third-order valence-electron chi connectivity index (χ3n) is 8.35. The first kappa shape index (κ1) is 27.7.